The van der Waals surface area contributed by atoms with Crippen LogP contribution in [0.25, 0.3) is 0 Å². The number of carboxylic acids is 1. The van der Waals surface area contributed by atoms with Gasteiger partial charge in [0.15, 0.2) is 0 Å². The van der Waals surface area contributed by atoms with Crippen molar-refractivity contribution in [3.8, 4) is 0 Å². The summed E-state index contributed by atoms with van der Waals surface area (Å²) in [6.45, 7) is 0.418. The molecule has 1 aliphatic rings. The lowest BCUT2D eigenvalue weighted by Gasteiger charge is -2.27. The molecular formula is C12H22N2O3S. The summed E-state index contributed by atoms with van der Waals surface area (Å²) >= 11 is 1.74. The van der Waals surface area contributed by atoms with Gasteiger partial charge in [0.2, 0.25) is 0 Å². The van der Waals surface area contributed by atoms with Crippen LogP contribution < -0.4 is 5.32 Å². The number of nitrogens with one attached hydrogen (secondary N) is 1. The Kier molecular flexibility index (Phi) is 6.93. The summed E-state index contributed by atoms with van der Waals surface area (Å²) in [6, 6.07) is -0.132. The van der Waals surface area contributed by atoms with Crippen LogP contribution in [0.3, 0.4) is 0 Å². The van der Waals surface area contributed by atoms with E-state index in [4.69, 9.17) is 5.11 Å². The fourth-order valence-corrected chi connectivity index (χ4v) is 2.67. The standard InChI is InChI=1S/C12H22N2O3S/c1-18-8-4-7-13-12(17)14(9-11(15)16)10-5-2-3-6-10/h10H,2-9H2,1H3,(H,13,17)(H,15,16). The van der Waals surface area contributed by atoms with E-state index in [2.05, 4.69) is 5.32 Å². The number of carboxylic acid groups (broad SMARTS) is 1. The van der Waals surface area contributed by atoms with Crippen LogP contribution >= 0.6 is 11.8 Å². The number of nitrogens with zero attached hydrogens (tertiary/aromatic N) is 1. The second-order valence-electron chi connectivity index (χ2n) is 4.54. The number of carbonyl (C=O) groups excluding carboxylic acids is 1. The predicted octanol–water partition coefficient (Wildman–Crippen LogP) is 1.78. The average Bonchev–Trinajstić information content (AvgIpc) is 2.84. The summed E-state index contributed by atoms with van der Waals surface area (Å²) in [4.78, 5) is 24.3. The summed E-state index contributed by atoms with van der Waals surface area (Å²) < 4.78 is 0. The average molecular weight is 274 g/mol. The molecule has 6 heteroatoms. The summed E-state index contributed by atoms with van der Waals surface area (Å²) in [7, 11) is 0. The third kappa shape index (κ3) is 5.16. The van der Waals surface area contributed by atoms with Gasteiger partial charge in [-0.3, -0.25) is 4.79 Å². The zero-order chi connectivity index (χ0) is 13.4. The van der Waals surface area contributed by atoms with Crippen molar-refractivity contribution in [1.82, 2.24) is 10.2 Å². The second-order valence-corrected chi connectivity index (χ2v) is 5.52. The molecule has 0 aliphatic heterocycles. The Morgan fingerprint density at radius 2 is 2.06 bits per heavy atom. The van der Waals surface area contributed by atoms with Crippen molar-refractivity contribution in [1.29, 1.82) is 0 Å². The molecule has 0 aromatic heterocycles. The first-order valence-corrected chi connectivity index (χ1v) is 7.79. The Morgan fingerprint density at radius 3 is 2.61 bits per heavy atom. The first-order valence-electron chi connectivity index (χ1n) is 6.40. The number of amides is 2. The molecule has 1 saturated carbocycles. The molecule has 0 radical (unpaired) electrons. The highest BCUT2D eigenvalue weighted by Gasteiger charge is 2.27. The molecule has 2 N–H and O–H groups in total. The van der Waals surface area contributed by atoms with Crippen LogP contribution in [0.15, 0.2) is 0 Å². The van der Waals surface area contributed by atoms with Crippen molar-refractivity contribution in [3.63, 3.8) is 0 Å². The fraction of sp³-hybridized carbons (Fsp3) is 0.833. The topological polar surface area (TPSA) is 69.6 Å². The van der Waals surface area contributed by atoms with Crippen molar-refractivity contribution >= 4 is 23.8 Å². The third-order valence-corrected chi connectivity index (χ3v) is 3.83. The molecule has 1 rings (SSSR count). The van der Waals surface area contributed by atoms with Crippen LogP contribution in [0.5, 0.6) is 0 Å². The Morgan fingerprint density at radius 1 is 1.39 bits per heavy atom. The Labute approximate surface area is 112 Å². The smallest absolute Gasteiger partial charge is 0.323 e. The Bertz CT molecular complexity index is 280. The highest BCUT2D eigenvalue weighted by Crippen LogP contribution is 2.23. The summed E-state index contributed by atoms with van der Waals surface area (Å²) in [6.07, 6.45) is 6.95. The number of hydrogen-bond donors (Lipinski definition) is 2. The summed E-state index contributed by atoms with van der Waals surface area (Å²) in [5.41, 5.74) is 0. The van der Waals surface area contributed by atoms with Crippen LogP contribution in [0.4, 0.5) is 4.79 Å². The number of rotatable bonds is 7. The van der Waals surface area contributed by atoms with Crippen LogP contribution in [0.2, 0.25) is 0 Å². The minimum absolute atomic E-state index is 0.0988. The molecule has 1 fully saturated rings. The van der Waals surface area contributed by atoms with Crippen LogP contribution in [-0.4, -0.2) is 53.1 Å². The normalized spacial score (nSPS) is 15.6. The zero-order valence-electron chi connectivity index (χ0n) is 10.9. The maximum Gasteiger partial charge on any atom is 0.323 e. The molecule has 2 amide bonds. The molecule has 1 aliphatic carbocycles. The molecular weight excluding hydrogens is 252 g/mol. The molecule has 0 bridgehead atoms. The number of thioether (sulfide) groups is 1. The van der Waals surface area contributed by atoms with Crippen molar-refractivity contribution in [2.45, 2.75) is 38.1 Å². The third-order valence-electron chi connectivity index (χ3n) is 3.13. The molecule has 0 aromatic rings. The van der Waals surface area contributed by atoms with E-state index in [0.29, 0.717) is 6.54 Å². The molecule has 5 nitrogen and oxygen atoms in total. The predicted molar refractivity (Wildman–Crippen MR) is 73.0 cm³/mol. The second kappa shape index (κ2) is 8.24. The van der Waals surface area contributed by atoms with Crippen molar-refractivity contribution in [2.75, 3.05) is 25.1 Å². The molecule has 18 heavy (non-hydrogen) atoms. The number of carbonyl (C=O) groups is 2. The Hall–Kier alpha value is -0.910. The molecule has 104 valence electrons. The number of hydrogen-bond acceptors (Lipinski definition) is 3. The monoisotopic (exact) mass is 274 g/mol. The van der Waals surface area contributed by atoms with E-state index in [9.17, 15) is 9.59 Å². The van der Waals surface area contributed by atoms with E-state index in [1.165, 1.54) is 4.90 Å². The largest absolute Gasteiger partial charge is 0.480 e. The van der Waals surface area contributed by atoms with Gasteiger partial charge in [0.05, 0.1) is 0 Å². The van der Waals surface area contributed by atoms with Crippen molar-refractivity contribution < 1.29 is 14.7 Å². The molecule has 0 spiro atoms. The molecule has 0 unspecified atom stereocenters. The van der Waals surface area contributed by atoms with Gasteiger partial charge in [-0.2, -0.15) is 11.8 Å². The molecule has 0 heterocycles. The number of aliphatic carboxylic acids is 1. The van der Waals surface area contributed by atoms with E-state index in [-0.39, 0.29) is 18.6 Å². The zero-order valence-corrected chi connectivity index (χ0v) is 11.7. The van der Waals surface area contributed by atoms with Gasteiger partial charge in [0.25, 0.3) is 0 Å². The Balaban J connectivity index is 2.42. The first kappa shape index (κ1) is 15.1. The van der Waals surface area contributed by atoms with Gasteiger partial charge in [-0.15, -0.1) is 0 Å². The minimum Gasteiger partial charge on any atom is -0.480 e. The van der Waals surface area contributed by atoms with E-state index in [1.807, 2.05) is 6.26 Å². The fourth-order valence-electron chi connectivity index (χ4n) is 2.24. The maximum atomic E-state index is 12.0. The first-order chi connectivity index (χ1) is 8.65. The molecule has 0 saturated heterocycles. The van der Waals surface area contributed by atoms with Crippen molar-refractivity contribution in [2.24, 2.45) is 0 Å². The van der Waals surface area contributed by atoms with E-state index in [0.717, 1.165) is 37.9 Å². The lowest BCUT2D eigenvalue weighted by Crippen LogP contribution is -2.47. The summed E-state index contributed by atoms with van der Waals surface area (Å²) in [5, 5.41) is 11.7. The van der Waals surface area contributed by atoms with Gasteiger partial charge < -0.3 is 15.3 Å². The maximum absolute atomic E-state index is 12.0. The SMILES string of the molecule is CSCCCNC(=O)N(CC(=O)O)C1CCCC1. The minimum atomic E-state index is -0.943. The quantitative estimate of drug-likeness (QED) is 0.694. The molecule has 0 aromatic carbocycles. The van der Waals surface area contributed by atoms with E-state index >= 15 is 0 Å². The lowest BCUT2D eigenvalue weighted by molar-refractivity contribution is -0.138. The van der Waals surface area contributed by atoms with Gasteiger partial charge in [0.1, 0.15) is 6.54 Å². The number of urea groups is 1. The van der Waals surface area contributed by atoms with Crippen LogP contribution in [0, 0.1) is 0 Å². The van der Waals surface area contributed by atoms with E-state index in [1.54, 1.807) is 11.8 Å². The van der Waals surface area contributed by atoms with Gasteiger partial charge in [-0.05, 0) is 31.3 Å². The van der Waals surface area contributed by atoms with Gasteiger partial charge in [-0.25, -0.2) is 4.79 Å². The van der Waals surface area contributed by atoms with Crippen molar-refractivity contribution in [3.05, 3.63) is 0 Å². The summed E-state index contributed by atoms with van der Waals surface area (Å²) in [5.74, 6) is 0.0593. The van der Waals surface area contributed by atoms with Gasteiger partial charge in [0, 0.05) is 12.6 Å². The highest BCUT2D eigenvalue weighted by molar-refractivity contribution is 7.98. The van der Waals surface area contributed by atoms with Gasteiger partial charge >= 0.3 is 12.0 Å². The van der Waals surface area contributed by atoms with E-state index < -0.39 is 5.97 Å². The lowest BCUT2D eigenvalue weighted by atomic mass is 10.2. The van der Waals surface area contributed by atoms with Gasteiger partial charge in [-0.1, -0.05) is 12.8 Å². The highest BCUT2D eigenvalue weighted by atomic mass is 32.2. The van der Waals surface area contributed by atoms with Crippen LogP contribution in [-0.2, 0) is 4.79 Å². The van der Waals surface area contributed by atoms with Crippen LogP contribution in [0.1, 0.15) is 32.1 Å². The molecule has 0 atom stereocenters.